The van der Waals surface area contributed by atoms with Gasteiger partial charge in [-0.3, -0.25) is 10.1 Å². The first-order valence-electron chi connectivity index (χ1n) is 7.43. The fraction of sp³-hybridized carbons (Fsp3) is 0.250. The number of nitrogens with two attached hydrogens (primary N) is 1. The van der Waals surface area contributed by atoms with Crippen molar-refractivity contribution in [3.05, 3.63) is 64.2 Å². The summed E-state index contributed by atoms with van der Waals surface area (Å²) in [4.78, 5) is 10.3. The molecule has 24 heavy (non-hydrogen) atoms. The lowest BCUT2D eigenvalue weighted by molar-refractivity contribution is -0.384. The van der Waals surface area contributed by atoms with E-state index in [0.29, 0.717) is 6.54 Å². The predicted octanol–water partition coefficient (Wildman–Crippen LogP) is 2.85. The van der Waals surface area contributed by atoms with Crippen LogP contribution >= 0.6 is 0 Å². The van der Waals surface area contributed by atoms with Gasteiger partial charge >= 0.3 is 0 Å². The molecule has 3 N–H and O–H groups in total. The van der Waals surface area contributed by atoms with Crippen molar-refractivity contribution in [3.63, 3.8) is 0 Å². The minimum absolute atomic E-state index is 0.184. The average Bonchev–Trinajstić information content (AvgIpc) is 2.55. The average molecular weight is 349 g/mol. The lowest BCUT2D eigenvalue weighted by atomic mass is 9.96. The zero-order chi connectivity index (χ0) is 17.7. The van der Waals surface area contributed by atoms with Crippen molar-refractivity contribution in [2.24, 2.45) is 5.14 Å². The maximum Gasteiger partial charge on any atom is 0.293 e. The third-order valence-corrected chi connectivity index (χ3v) is 4.71. The van der Waals surface area contributed by atoms with Crippen LogP contribution in [-0.4, -0.2) is 19.9 Å². The Hall–Kier alpha value is -2.45. The van der Waals surface area contributed by atoms with Crippen molar-refractivity contribution in [2.75, 3.05) is 11.9 Å². The number of hydrogen-bond donors (Lipinski definition) is 2. The fourth-order valence-corrected chi connectivity index (χ4v) is 2.98. The summed E-state index contributed by atoms with van der Waals surface area (Å²) in [6, 6.07) is 13.4. The summed E-state index contributed by atoms with van der Waals surface area (Å²) in [6.45, 7) is 2.54. The molecule has 0 saturated carbocycles. The van der Waals surface area contributed by atoms with Gasteiger partial charge in [-0.25, -0.2) is 13.6 Å². The van der Waals surface area contributed by atoms with E-state index in [0.717, 1.165) is 18.1 Å². The molecule has 0 bridgehead atoms. The second-order valence-corrected chi connectivity index (χ2v) is 6.94. The summed E-state index contributed by atoms with van der Waals surface area (Å²) in [7, 11) is -3.99. The number of anilines is 1. The van der Waals surface area contributed by atoms with Crippen molar-refractivity contribution in [1.29, 1.82) is 0 Å². The van der Waals surface area contributed by atoms with E-state index in [1.54, 1.807) is 0 Å². The van der Waals surface area contributed by atoms with Gasteiger partial charge in [-0.05, 0) is 24.1 Å². The van der Waals surface area contributed by atoms with Gasteiger partial charge in [0.2, 0.25) is 10.0 Å². The highest BCUT2D eigenvalue weighted by Gasteiger charge is 2.20. The van der Waals surface area contributed by atoms with Crippen molar-refractivity contribution in [1.82, 2.24) is 0 Å². The molecule has 2 rings (SSSR count). The van der Waals surface area contributed by atoms with Crippen molar-refractivity contribution in [3.8, 4) is 0 Å². The van der Waals surface area contributed by atoms with E-state index < -0.39 is 14.9 Å². The molecule has 8 heteroatoms. The van der Waals surface area contributed by atoms with Crippen molar-refractivity contribution in [2.45, 2.75) is 24.2 Å². The Morgan fingerprint density at radius 3 is 2.42 bits per heavy atom. The third-order valence-electron chi connectivity index (χ3n) is 3.80. The number of sulfonamides is 1. The minimum atomic E-state index is -3.99. The summed E-state index contributed by atoms with van der Waals surface area (Å²) in [5.74, 6) is 0.184. The zero-order valence-electron chi connectivity index (χ0n) is 13.2. The van der Waals surface area contributed by atoms with E-state index in [1.807, 2.05) is 37.3 Å². The second-order valence-electron chi connectivity index (χ2n) is 5.38. The first-order chi connectivity index (χ1) is 11.3. The van der Waals surface area contributed by atoms with Crippen LogP contribution in [0.4, 0.5) is 11.4 Å². The molecule has 1 atom stereocenters. The maximum absolute atomic E-state index is 11.4. The van der Waals surface area contributed by atoms with Crippen LogP contribution in [-0.2, 0) is 10.0 Å². The molecule has 0 radical (unpaired) electrons. The summed E-state index contributed by atoms with van der Waals surface area (Å²) < 4.78 is 22.7. The molecule has 0 fully saturated rings. The summed E-state index contributed by atoms with van der Waals surface area (Å²) in [5, 5.41) is 19.3. The zero-order valence-corrected chi connectivity index (χ0v) is 14.0. The third kappa shape index (κ3) is 4.30. The van der Waals surface area contributed by atoms with Gasteiger partial charge in [-0.15, -0.1) is 0 Å². The fourth-order valence-electron chi connectivity index (χ4n) is 2.45. The van der Waals surface area contributed by atoms with Gasteiger partial charge in [0.05, 0.1) is 9.82 Å². The van der Waals surface area contributed by atoms with Crippen LogP contribution in [0.3, 0.4) is 0 Å². The number of benzene rings is 2. The highest BCUT2D eigenvalue weighted by atomic mass is 32.2. The molecule has 0 amide bonds. The number of nitrogens with one attached hydrogen (secondary N) is 1. The lowest BCUT2D eigenvalue weighted by Gasteiger charge is -2.17. The van der Waals surface area contributed by atoms with E-state index >= 15 is 0 Å². The molecule has 0 spiro atoms. The van der Waals surface area contributed by atoms with Gasteiger partial charge in [0.1, 0.15) is 5.69 Å². The van der Waals surface area contributed by atoms with Crippen LogP contribution in [0.25, 0.3) is 0 Å². The number of primary sulfonamides is 1. The minimum Gasteiger partial charge on any atom is -0.379 e. The Morgan fingerprint density at radius 2 is 1.88 bits per heavy atom. The molecule has 0 aromatic heterocycles. The standard InChI is InChI=1S/C16H19N3O4S/c1-2-12(13-6-4-3-5-7-13)11-18-15-9-8-14(24(17,22)23)10-16(15)19(20)21/h3-10,12,18H,2,11H2,1H3,(H2,17,22,23)/t12-/m1/s1. The van der Waals surface area contributed by atoms with Crippen molar-refractivity contribution < 1.29 is 13.3 Å². The van der Waals surface area contributed by atoms with E-state index in [1.165, 1.54) is 12.1 Å². The predicted molar refractivity (Wildman–Crippen MR) is 92.4 cm³/mol. The Bertz CT molecular complexity index is 822. The first kappa shape index (κ1) is 17.9. The van der Waals surface area contributed by atoms with Gasteiger partial charge in [-0.1, -0.05) is 37.3 Å². The molecule has 7 nitrogen and oxygen atoms in total. The van der Waals surface area contributed by atoms with Crippen LogP contribution < -0.4 is 10.5 Å². The van der Waals surface area contributed by atoms with Gasteiger partial charge in [-0.2, -0.15) is 0 Å². The van der Waals surface area contributed by atoms with E-state index in [4.69, 9.17) is 5.14 Å². The molecule has 0 aliphatic rings. The quantitative estimate of drug-likeness (QED) is 0.589. The van der Waals surface area contributed by atoms with E-state index in [-0.39, 0.29) is 22.2 Å². The summed E-state index contributed by atoms with van der Waals surface area (Å²) in [6.07, 6.45) is 0.861. The van der Waals surface area contributed by atoms with Crippen LogP contribution in [0.5, 0.6) is 0 Å². The molecule has 0 aliphatic carbocycles. The van der Waals surface area contributed by atoms with Crippen LogP contribution in [0, 0.1) is 10.1 Å². The highest BCUT2D eigenvalue weighted by Crippen LogP contribution is 2.28. The van der Waals surface area contributed by atoms with Crippen molar-refractivity contribution >= 4 is 21.4 Å². The Kier molecular flexibility index (Phi) is 5.53. The largest absolute Gasteiger partial charge is 0.379 e. The van der Waals surface area contributed by atoms with Crippen LogP contribution in [0.2, 0.25) is 0 Å². The molecular formula is C16H19N3O4S. The second kappa shape index (κ2) is 7.41. The maximum atomic E-state index is 11.4. The molecule has 0 saturated heterocycles. The molecule has 2 aromatic rings. The molecule has 2 aromatic carbocycles. The van der Waals surface area contributed by atoms with E-state index in [9.17, 15) is 18.5 Å². The number of rotatable bonds is 7. The SMILES string of the molecule is CC[C@H](CNc1ccc(S(N)(=O)=O)cc1[N+](=O)[O-])c1ccccc1. The molecule has 0 unspecified atom stereocenters. The number of nitrogens with zero attached hydrogens (tertiary/aromatic N) is 1. The Morgan fingerprint density at radius 1 is 1.21 bits per heavy atom. The van der Waals surface area contributed by atoms with Gasteiger partial charge in [0, 0.05) is 18.5 Å². The van der Waals surface area contributed by atoms with Gasteiger partial charge in [0.15, 0.2) is 0 Å². The molecule has 0 aliphatic heterocycles. The molecular weight excluding hydrogens is 330 g/mol. The van der Waals surface area contributed by atoms with Crippen LogP contribution in [0.15, 0.2) is 53.4 Å². The highest BCUT2D eigenvalue weighted by molar-refractivity contribution is 7.89. The first-order valence-corrected chi connectivity index (χ1v) is 8.97. The molecule has 0 heterocycles. The number of hydrogen-bond acceptors (Lipinski definition) is 5. The monoisotopic (exact) mass is 349 g/mol. The van der Waals surface area contributed by atoms with Gasteiger partial charge in [0.25, 0.3) is 5.69 Å². The number of nitro groups is 1. The lowest BCUT2D eigenvalue weighted by Crippen LogP contribution is -2.15. The van der Waals surface area contributed by atoms with Crippen LogP contribution in [0.1, 0.15) is 24.8 Å². The number of nitro benzene ring substituents is 1. The van der Waals surface area contributed by atoms with Gasteiger partial charge < -0.3 is 5.32 Å². The van der Waals surface area contributed by atoms with E-state index in [2.05, 4.69) is 5.32 Å². The smallest absolute Gasteiger partial charge is 0.293 e. The normalized spacial score (nSPS) is 12.6. The Labute approximate surface area is 140 Å². The summed E-state index contributed by atoms with van der Waals surface area (Å²) in [5.41, 5.74) is 1.09. The summed E-state index contributed by atoms with van der Waals surface area (Å²) >= 11 is 0. The molecule has 128 valence electrons. The Balaban J connectivity index is 2.24. The topological polar surface area (TPSA) is 115 Å².